The van der Waals surface area contributed by atoms with Crippen molar-refractivity contribution >= 4 is 11.9 Å². The van der Waals surface area contributed by atoms with Crippen molar-refractivity contribution in [1.82, 2.24) is 4.90 Å². The van der Waals surface area contributed by atoms with Gasteiger partial charge in [0.05, 0.1) is 13.0 Å². The van der Waals surface area contributed by atoms with Crippen molar-refractivity contribution in [1.29, 1.82) is 0 Å². The largest absolute Gasteiger partial charge is 0.480 e. The van der Waals surface area contributed by atoms with Crippen LogP contribution >= 0.6 is 0 Å². The average molecular weight is 255 g/mol. The van der Waals surface area contributed by atoms with Gasteiger partial charge in [-0.3, -0.25) is 4.79 Å². The van der Waals surface area contributed by atoms with Crippen LogP contribution in [0, 0.1) is 5.92 Å². The van der Waals surface area contributed by atoms with Gasteiger partial charge in [0.25, 0.3) is 0 Å². The second-order valence-electron chi connectivity index (χ2n) is 5.25. The molecule has 2 rings (SSSR count). The summed E-state index contributed by atoms with van der Waals surface area (Å²) in [6, 6.07) is -0.480. The second-order valence-corrected chi connectivity index (χ2v) is 5.25. The van der Waals surface area contributed by atoms with Crippen molar-refractivity contribution in [3.8, 4) is 0 Å². The van der Waals surface area contributed by atoms with Gasteiger partial charge in [-0.05, 0) is 25.2 Å². The Hall–Kier alpha value is -1.10. The van der Waals surface area contributed by atoms with Crippen LogP contribution in [0.3, 0.4) is 0 Å². The second kappa shape index (κ2) is 5.69. The number of hydrogen-bond acceptors (Lipinski definition) is 3. The van der Waals surface area contributed by atoms with Crippen LogP contribution < -0.4 is 0 Å². The number of carboxylic acids is 1. The molecule has 1 saturated heterocycles. The molecule has 1 N–H and O–H groups in total. The molecular weight excluding hydrogens is 234 g/mol. The predicted molar refractivity (Wildman–Crippen MR) is 65.1 cm³/mol. The summed E-state index contributed by atoms with van der Waals surface area (Å²) < 4.78 is 4.91. The summed E-state index contributed by atoms with van der Waals surface area (Å²) in [4.78, 5) is 25.1. The summed E-state index contributed by atoms with van der Waals surface area (Å²) >= 11 is 0. The van der Waals surface area contributed by atoms with Gasteiger partial charge in [-0.15, -0.1) is 0 Å². The number of rotatable bonds is 4. The van der Waals surface area contributed by atoms with Crippen LogP contribution in [0.25, 0.3) is 0 Å². The summed E-state index contributed by atoms with van der Waals surface area (Å²) in [6.45, 7) is 0.360. The maximum absolute atomic E-state index is 12.2. The van der Waals surface area contributed by atoms with E-state index in [2.05, 4.69) is 0 Å². The molecule has 1 amide bonds. The van der Waals surface area contributed by atoms with Gasteiger partial charge >= 0.3 is 5.97 Å². The normalized spacial score (nSPS) is 31.2. The van der Waals surface area contributed by atoms with Crippen LogP contribution in [-0.2, 0) is 14.3 Å². The van der Waals surface area contributed by atoms with Crippen molar-refractivity contribution in [3.05, 3.63) is 0 Å². The molecule has 102 valence electrons. The minimum Gasteiger partial charge on any atom is -0.480 e. The fourth-order valence-corrected chi connectivity index (χ4v) is 3.36. The number of amides is 1. The number of carbonyl (C=O) groups excluding carboxylic acids is 1. The van der Waals surface area contributed by atoms with Gasteiger partial charge in [0.15, 0.2) is 0 Å². The summed E-state index contributed by atoms with van der Waals surface area (Å²) in [5.41, 5.74) is 0. The Labute approximate surface area is 107 Å². The van der Waals surface area contributed by atoms with E-state index in [0.29, 0.717) is 18.9 Å². The van der Waals surface area contributed by atoms with Crippen molar-refractivity contribution < 1.29 is 19.4 Å². The zero-order valence-corrected chi connectivity index (χ0v) is 10.8. The third-order valence-electron chi connectivity index (χ3n) is 4.18. The number of hydrogen-bond donors (Lipinski definition) is 1. The molecule has 2 fully saturated rings. The number of carbonyl (C=O) groups is 2. The standard InChI is InChI=1S/C13H21NO4/c1-18-7-6-12(15)14-10-5-3-2-4-9(10)8-11(14)13(16)17/h9-11H,2-8H2,1H3,(H,16,17)/t9-,10-,11+/m1/s1. The lowest BCUT2D eigenvalue weighted by Crippen LogP contribution is -2.46. The molecule has 1 aliphatic heterocycles. The first-order chi connectivity index (χ1) is 8.65. The van der Waals surface area contributed by atoms with Crippen LogP contribution in [-0.4, -0.2) is 47.7 Å². The van der Waals surface area contributed by atoms with Gasteiger partial charge < -0.3 is 14.7 Å². The van der Waals surface area contributed by atoms with Crippen LogP contribution in [0.2, 0.25) is 0 Å². The number of fused-ring (bicyclic) bond motifs is 1. The molecule has 18 heavy (non-hydrogen) atoms. The summed E-state index contributed by atoms with van der Waals surface area (Å²) in [7, 11) is 1.55. The topological polar surface area (TPSA) is 66.8 Å². The Morgan fingerprint density at radius 3 is 2.72 bits per heavy atom. The van der Waals surface area contributed by atoms with Gasteiger partial charge in [-0.1, -0.05) is 12.8 Å². The van der Waals surface area contributed by atoms with Gasteiger partial charge in [-0.2, -0.15) is 0 Å². The number of carboxylic acid groups (broad SMARTS) is 1. The molecule has 1 aliphatic carbocycles. The Bertz CT molecular complexity index is 331. The van der Waals surface area contributed by atoms with Gasteiger partial charge in [-0.25, -0.2) is 4.79 Å². The molecule has 0 aromatic heterocycles. The van der Waals surface area contributed by atoms with E-state index in [-0.39, 0.29) is 18.4 Å². The fraction of sp³-hybridized carbons (Fsp3) is 0.846. The van der Waals surface area contributed by atoms with E-state index in [1.807, 2.05) is 0 Å². The number of likely N-dealkylation sites (tertiary alicyclic amines) is 1. The van der Waals surface area contributed by atoms with E-state index in [1.54, 1.807) is 12.0 Å². The maximum atomic E-state index is 12.2. The van der Waals surface area contributed by atoms with Crippen molar-refractivity contribution in [2.45, 2.75) is 50.6 Å². The molecule has 1 saturated carbocycles. The molecule has 0 aromatic carbocycles. The highest BCUT2D eigenvalue weighted by atomic mass is 16.5. The van der Waals surface area contributed by atoms with Gasteiger partial charge in [0.1, 0.15) is 6.04 Å². The average Bonchev–Trinajstić information content (AvgIpc) is 2.75. The van der Waals surface area contributed by atoms with E-state index < -0.39 is 12.0 Å². The lowest BCUT2D eigenvalue weighted by molar-refractivity contribution is -0.150. The van der Waals surface area contributed by atoms with E-state index in [1.165, 1.54) is 0 Å². The molecular formula is C13H21NO4. The minimum absolute atomic E-state index is 0.0707. The van der Waals surface area contributed by atoms with Crippen molar-refractivity contribution in [2.24, 2.45) is 5.92 Å². The molecule has 0 unspecified atom stereocenters. The lowest BCUT2D eigenvalue weighted by atomic mass is 9.84. The Morgan fingerprint density at radius 1 is 1.33 bits per heavy atom. The molecule has 1 heterocycles. The predicted octanol–water partition coefficient (Wildman–Crippen LogP) is 1.27. The van der Waals surface area contributed by atoms with E-state index in [4.69, 9.17) is 4.74 Å². The van der Waals surface area contributed by atoms with Crippen LogP contribution in [0.4, 0.5) is 0 Å². The fourth-order valence-electron chi connectivity index (χ4n) is 3.36. The highest BCUT2D eigenvalue weighted by Gasteiger charge is 2.47. The highest BCUT2D eigenvalue weighted by Crippen LogP contribution is 2.40. The first-order valence-electron chi connectivity index (χ1n) is 6.68. The smallest absolute Gasteiger partial charge is 0.326 e. The number of nitrogens with zero attached hydrogens (tertiary/aromatic N) is 1. The lowest BCUT2D eigenvalue weighted by Gasteiger charge is -2.33. The van der Waals surface area contributed by atoms with Crippen molar-refractivity contribution in [3.63, 3.8) is 0 Å². The van der Waals surface area contributed by atoms with Crippen LogP contribution in [0.15, 0.2) is 0 Å². The zero-order chi connectivity index (χ0) is 13.1. The third kappa shape index (κ3) is 2.51. The van der Waals surface area contributed by atoms with Crippen molar-refractivity contribution in [2.75, 3.05) is 13.7 Å². The van der Waals surface area contributed by atoms with Crippen LogP contribution in [0.1, 0.15) is 38.5 Å². The third-order valence-corrected chi connectivity index (χ3v) is 4.18. The summed E-state index contributed by atoms with van der Waals surface area (Å²) in [5, 5.41) is 9.28. The summed E-state index contributed by atoms with van der Waals surface area (Å²) in [6.07, 6.45) is 5.17. The molecule has 0 radical (unpaired) electrons. The first kappa shape index (κ1) is 13.3. The Balaban J connectivity index is 2.11. The molecule has 5 heteroatoms. The minimum atomic E-state index is -0.866. The molecule has 2 aliphatic rings. The number of aliphatic carboxylic acids is 1. The highest BCUT2D eigenvalue weighted by molar-refractivity contribution is 5.84. The maximum Gasteiger partial charge on any atom is 0.326 e. The first-order valence-corrected chi connectivity index (χ1v) is 6.68. The molecule has 0 bridgehead atoms. The van der Waals surface area contributed by atoms with Gasteiger partial charge in [0.2, 0.25) is 5.91 Å². The van der Waals surface area contributed by atoms with E-state index in [0.717, 1.165) is 25.7 Å². The molecule has 3 atom stereocenters. The SMILES string of the molecule is COCCC(=O)N1[C@@H]2CCCC[C@@H]2C[C@H]1C(=O)O. The van der Waals surface area contributed by atoms with Crippen LogP contribution in [0.5, 0.6) is 0 Å². The quantitative estimate of drug-likeness (QED) is 0.821. The number of ether oxygens (including phenoxy) is 1. The Morgan fingerprint density at radius 2 is 2.06 bits per heavy atom. The zero-order valence-electron chi connectivity index (χ0n) is 10.8. The summed E-state index contributed by atoms with van der Waals surface area (Å²) in [5.74, 6) is -0.555. The molecule has 5 nitrogen and oxygen atoms in total. The number of methoxy groups -OCH3 is 1. The van der Waals surface area contributed by atoms with E-state index in [9.17, 15) is 14.7 Å². The molecule has 0 spiro atoms. The Kier molecular flexibility index (Phi) is 4.22. The van der Waals surface area contributed by atoms with E-state index >= 15 is 0 Å². The van der Waals surface area contributed by atoms with Gasteiger partial charge in [0, 0.05) is 13.2 Å². The molecule has 0 aromatic rings. The monoisotopic (exact) mass is 255 g/mol.